The molecular formula is C14H20FNO2. The highest BCUT2D eigenvalue weighted by Crippen LogP contribution is 2.19. The number of ether oxygens (including phenoxy) is 1. The van der Waals surface area contributed by atoms with Gasteiger partial charge in [-0.2, -0.15) is 0 Å². The first-order valence-corrected chi connectivity index (χ1v) is 6.07. The third kappa shape index (κ3) is 3.72. The van der Waals surface area contributed by atoms with Crippen molar-refractivity contribution in [1.82, 2.24) is 0 Å². The van der Waals surface area contributed by atoms with Gasteiger partial charge in [0.1, 0.15) is 5.82 Å². The van der Waals surface area contributed by atoms with Gasteiger partial charge in [-0.1, -0.05) is 13.8 Å². The third-order valence-electron chi connectivity index (χ3n) is 2.73. The minimum absolute atomic E-state index is 0.159. The Kier molecular flexibility index (Phi) is 4.70. The summed E-state index contributed by atoms with van der Waals surface area (Å²) in [6.45, 7) is 7.49. The summed E-state index contributed by atoms with van der Waals surface area (Å²) in [7, 11) is 0. The van der Waals surface area contributed by atoms with Crippen molar-refractivity contribution in [2.24, 2.45) is 5.92 Å². The topological polar surface area (TPSA) is 52.3 Å². The molecule has 0 aliphatic heterocycles. The lowest BCUT2D eigenvalue weighted by Crippen LogP contribution is -2.17. The monoisotopic (exact) mass is 253 g/mol. The van der Waals surface area contributed by atoms with Gasteiger partial charge in [-0.05, 0) is 38.3 Å². The fourth-order valence-corrected chi connectivity index (χ4v) is 1.78. The van der Waals surface area contributed by atoms with Gasteiger partial charge in [-0.15, -0.1) is 0 Å². The Bertz CT molecular complexity index is 420. The predicted octanol–water partition coefficient (Wildman–Crippen LogP) is 3.31. The molecule has 1 aromatic carbocycles. The van der Waals surface area contributed by atoms with E-state index >= 15 is 0 Å². The van der Waals surface area contributed by atoms with E-state index < -0.39 is 11.8 Å². The minimum Gasteiger partial charge on any atom is -0.459 e. The van der Waals surface area contributed by atoms with Crippen molar-refractivity contribution in [1.29, 1.82) is 0 Å². The number of carbonyl (C=O) groups excluding carboxylic acids is 1. The Hall–Kier alpha value is -1.58. The van der Waals surface area contributed by atoms with Crippen LogP contribution in [0.15, 0.2) is 12.1 Å². The summed E-state index contributed by atoms with van der Waals surface area (Å²) >= 11 is 0. The molecule has 0 aliphatic carbocycles. The van der Waals surface area contributed by atoms with Crippen molar-refractivity contribution in [2.45, 2.75) is 40.2 Å². The quantitative estimate of drug-likeness (QED) is 0.661. The molecule has 0 heterocycles. The van der Waals surface area contributed by atoms with Crippen LogP contribution in [0, 0.1) is 18.7 Å². The molecule has 18 heavy (non-hydrogen) atoms. The molecule has 3 nitrogen and oxygen atoms in total. The number of benzene rings is 1. The van der Waals surface area contributed by atoms with E-state index in [1.165, 1.54) is 6.07 Å². The minimum atomic E-state index is -0.534. The van der Waals surface area contributed by atoms with Crippen molar-refractivity contribution < 1.29 is 13.9 Å². The molecule has 0 fully saturated rings. The Morgan fingerprint density at radius 2 is 2.00 bits per heavy atom. The summed E-state index contributed by atoms with van der Waals surface area (Å²) in [5.41, 5.74) is 6.39. The van der Waals surface area contributed by atoms with Crippen LogP contribution in [-0.4, -0.2) is 12.1 Å². The van der Waals surface area contributed by atoms with Gasteiger partial charge < -0.3 is 10.5 Å². The van der Waals surface area contributed by atoms with Gasteiger partial charge in [0, 0.05) is 11.3 Å². The van der Waals surface area contributed by atoms with Gasteiger partial charge in [0.25, 0.3) is 0 Å². The predicted molar refractivity (Wildman–Crippen MR) is 69.9 cm³/mol. The zero-order valence-electron chi connectivity index (χ0n) is 11.3. The van der Waals surface area contributed by atoms with Gasteiger partial charge in [-0.3, -0.25) is 0 Å². The lowest BCUT2D eigenvalue weighted by atomic mass is 10.1. The summed E-state index contributed by atoms with van der Waals surface area (Å²) in [5.74, 6) is -0.583. The summed E-state index contributed by atoms with van der Waals surface area (Å²) in [4.78, 5) is 11.8. The molecule has 0 saturated heterocycles. The van der Waals surface area contributed by atoms with E-state index in [-0.39, 0.29) is 17.4 Å². The first-order valence-electron chi connectivity index (χ1n) is 6.07. The van der Waals surface area contributed by atoms with Crippen LogP contribution in [0.2, 0.25) is 0 Å². The number of rotatable bonds is 4. The zero-order chi connectivity index (χ0) is 13.9. The summed E-state index contributed by atoms with van der Waals surface area (Å²) in [6, 6.07) is 2.61. The number of halogens is 1. The number of nitrogens with two attached hydrogens (primary N) is 1. The molecule has 4 heteroatoms. The molecule has 1 aromatic rings. The van der Waals surface area contributed by atoms with Gasteiger partial charge in [0.15, 0.2) is 0 Å². The molecule has 0 saturated carbocycles. The van der Waals surface area contributed by atoms with E-state index in [1.54, 1.807) is 6.92 Å². The van der Waals surface area contributed by atoms with Crippen LogP contribution in [0.25, 0.3) is 0 Å². The molecule has 1 rings (SSSR count). The van der Waals surface area contributed by atoms with Gasteiger partial charge in [0.05, 0.1) is 11.7 Å². The summed E-state index contributed by atoms with van der Waals surface area (Å²) in [5, 5.41) is 0. The first kappa shape index (κ1) is 14.5. The Morgan fingerprint density at radius 1 is 1.39 bits per heavy atom. The van der Waals surface area contributed by atoms with E-state index in [4.69, 9.17) is 10.5 Å². The zero-order valence-corrected chi connectivity index (χ0v) is 11.3. The number of esters is 1. The Morgan fingerprint density at radius 3 is 2.50 bits per heavy atom. The van der Waals surface area contributed by atoms with E-state index in [1.807, 2.05) is 20.8 Å². The molecule has 0 aromatic heterocycles. The van der Waals surface area contributed by atoms with Crippen LogP contribution in [0.5, 0.6) is 0 Å². The molecule has 1 unspecified atom stereocenters. The van der Waals surface area contributed by atoms with Crippen LogP contribution < -0.4 is 5.73 Å². The molecule has 0 amide bonds. The lowest BCUT2D eigenvalue weighted by Gasteiger charge is -2.15. The van der Waals surface area contributed by atoms with Crippen molar-refractivity contribution in [3.8, 4) is 0 Å². The van der Waals surface area contributed by atoms with Gasteiger partial charge in [0.2, 0.25) is 0 Å². The maximum absolute atomic E-state index is 13.5. The van der Waals surface area contributed by atoms with E-state index in [0.29, 0.717) is 11.5 Å². The average Bonchev–Trinajstić information content (AvgIpc) is 2.23. The maximum atomic E-state index is 13.5. The first-order chi connectivity index (χ1) is 8.31. The molecule has 0 radical (unpaired) electrons. The highest BCUT2D eigenvalue weighted by molar-refractivity contribution is 5.90. The van der Waals surface area contributed by atoms with Crippen LogP contribution >= 0.6 is 0 Å². The van der Waals surface area contributed by atoms with Crippen molar-refractivity contribution >= 4 is 11.7 Å². The largest absolute Gasteiger partial charge is 0.459 e. The highest BCUT2D eigenvalue weighted by Gasteiger charge is 2.15. The molecule has 1 atom stereocenters. The number of carbonyl (C=O) groups is 1. The molecule has 0 aliphatic rings. The fourth-order valence-electron chi connectivity index (χ4n) is 1.78. The fraction of sp³-hybridized carbons (Fsp3) is 0.500. The highest BCUT2D eigenvalue weighted by atomic mass is 19.1. The van der Waals surface area contributed by atoms with E-state index in [2.05, 4.69) is 0 Å². The third-order valence-corrected chi connectivity index (χ3v) is 2.73. The second kappa shape index (κ2) is 5.85. The van der Waals surface area contributed by atoms with Gasteiger partial charge in [-0.25, -0.2) is 9.18 Å². The van der Waals surface area contributed by atoms with Crippen LogP contribution in [0.1, 0.15) is 43.1 Å². The van der Waals surface area contributed by atoms with Crippen LogP contribution in [0.4, 0.5) is 10.1 Å². The number of hydrogen-bond acceptors (Lipinski definition) is 3. The standard InChI is InChI=1S/C14H20FNO2/c1-8(2)5-9(3)18-14(17)11-6-12(15)10(4)13(16)7-11/h6-9H,5,16H2,1-4H3. The van der Waals surface area contributed by atoms with Crippen molar-refractivity contribution in [2.75, 3.05) is 5.73 Å². The van der Waals surface area contributed by atoms with Crippen LogP contribution in [0.3, 0.4) is 0 Å². The lowest BCUT2D eigenvalue weighted by molar-refractivity contribution is 0.0299. The SMILES string of the molecule is Cc1c(N)cc(C(=O)OC(C)CC(C)C)cc1F. The number of hydrogen-bond donors (Lipinski definition) is 1. The second-order valence-electron chi connectivity index (χ2n) is 5.02. The molecule has 0 bridgehead atoms. The summed E-state index contributed by atoms with van der Waals surface area (Å²) < 4.78 is 18.7. The van der Waals surface area contributed by atoms with Crippen LogP contribution in [-0.2, 0) is 4.74 Å². The molecule has 2 N–H and O–H groups in total. The molecule has 100 valence electrons. The van der Waals surface area contributed by atoms with E-state index in [9.17, 15) is 9.18 Å². The second-order valence-corrected chi connectivity index (χ2v) is 5.02. The Labute approximate surface area is 107 Å². The molecular weight excluding hydrogens is 233 g/mol. The maximum Gasteiger partial charge on any atom is 0.338 e. The summed E-state index contributed by atoms with van der Waals surface area (Å²) in [6.07, 6.45) is 0.582. The van der Waals surface area contributed by atoms with Gasteiger partial charge >= 0.3 is 5.97 Å². The smallest absolute Gasteiger partial charge is 0.338 e. The number of anilines is 1. The van der Waals surface area contributed by atoms with E-state index in [0.717, 1.165) is 12.5 Å². The van der Waals surface area contributed by atoms with Crippen molar-refractivity contribution in [3.05, 3.63) is 29.1 Å². The average molecular weight is 253 g/mol. The van der Waals surface area contributed by atoms with Crippen molar-refractivity contribution in [3.63, 3.8) is 0 Å². The molecule has 0 spiro atoms. The normalized spacial score (nSPS) is 12.6. The number of nitrogen functional groups attached to an aromatic ring is 1. The Balaban J connectivity index is 2.79.